The zero-order valence-corrected chi connectivity index (χ0v) is 13.1. The Morgan fingerprint density at radius 3 is 2.57 bits per heavy atom. The van der Waals surface area contributed by atoms with E-state index in [1.807, 2.05) is 0 Å². The van der Waals surface area contributed by atoms with Gasteiger partial charge in [0.05, 0.1) is 24.3 Å². The third-order valence-electron chi connectivity index (χ3n) is 4.23. The van der Waals surface area contributed by atoms with Gasteiger partial charge in [-0.05, 0) is 43.9 Å². The second-order valence-corrected chi connectivity index (χ2v) is 6.10. The van der Waals surface area contributed by atoms with E-state index in [0.717, 1.165) is 38.9 Å². The molecule has 6 heteroatoms. The van der Waals surface area contributed by atoms with Crippen LogP contribution in [-0.4, -0.2) is 37.9 Å². The Kier molecular flexibility index (Phi) is 5.46. The first kappa shape index (κ1) is 16.2. The molecule has 0 radical (unpaired) electrons. The van der Waals surface area contributed by atoms with Gasteiger partial charge in [0.2, 0.25) is 5.91 Å². The van der Waals surface area contributed by atoms with Gasteiger partial charge in [-0.15, -0.1) is 0 Å². The molecule has 3 rings (SSSR count). The number of halogens is 1. The zero-order chi connectivity index (χ0) is 16.1. The molecule has 1 aromatic rings. The Bertz CT molecular complexity index is 541. The maximum atomic E-state index is 14.1. The first-order valence-electron chi connectivity index (χ1n) is 8.27. The molecule has 0 aromatic heterocycles. The number of nitrogens with one attached hydrogen (secondary N) is 2. The lowest BCUT2D eigenvalue weighted by molar-refractivity contribution is -0.118. The largest absolute Gasteiger partial charge is 0.380 e. The van der Waals surface area contributed by atoms with E-state index in [4.69, 9.17) is 9.47 Å². The Hall–Kier alpha value is -1.66. The minimum atomic E-state index is -0.377. The molecule has 0 unspecified atom stereocenters. The predicted molar refractivity (Wildman–Crippen MR) is 86.1 cm³/mol. The van der Waals surface area contributed by atoms with Crippen LogP contribution in [0.3, 0.4) is 0 Å². The van der Waals surface area contributed by atoms with Gasteiger partial charge in [0.15, 0.2) is 0 Å². The fourth-order valence-corrected chi connectivity index (χ4v) is 2.99. The number of carbonyl (C=O) groups excluding carboxylic acids is 1. The van der Waals surface area contributed by atoms with Crippen molar-refractivity contribution in [1.82, 2.24) is 0 Å². The highest BCUT2D eigenvalue weighted by Crippen LogP contribution is 2.21. The lowest BCUT2D eigenvalue weighted by atomic mass is 10.1. The number of hydrogen-bond acceptors (Lipinski definition) is 4. The van der Waals surface area contributed by atoms with Crippen LogP contribution in [0.1, 0.15) is 32.1 Å². The molecule has 2 atom stereocenters. The molecule has 1 aromatic carbocycles. The van der Waals surface area contributed by atoms with Crippen molar-refractivity contribution in [2.75, 3.05) is 30.4 Å². The molecule has 5 nitrogen and oxygen atoms in total. The van der Waals surface area contributed by atoms with Gasteiger partial charge in [-0.1, -0.05) is 0 Å². The van der Waals surface area contributed by atoms with Gasteiger partial charge in [0.25, 0.3) is 0 Å². The first-order valence-corrected chi connectivity index (χ1v) is 8.27. The van der Waals surface area contributed by atoms with Crippen LogP contribution in [0.5, 0.6) is 0 Å². The number of rotatable bonds is 6. The molecular formula is C17H23FN2O3. The Morgan fingerprint density at radius 2 is 1.91 bits per heavy atom. The van der Waals surface area contributed by atoms with E-state index in [9.17, 15) is 9.18 Å². The normalized spacial score (nSPS) is 23.9. The molecule has 0 spiro atoms. The third kappa shape index (κ3) is 4.65. The summed E-state index contributed by atoms with van der Waals surface area (Å²) in [6, 6.07) is 4.69. The molecule has 0 bridgehead atoms. The molecule has 2 aliphatic rings. The van der Waals surface area contributed by atoms with Gasteiger partial charge < -0.3 is 20.1 Å². The highest BCUT2D eigenvalue weighted by atomic mass is 19.1. The highest BCUT2D eigenvalue weighted by Gasteiger charge is 2.19. The monoisotopic (exact) mass is 322 g/mol. The molecule has 2 heterocycles. The fourth-order valence-electron chi connectivity index (χ4n) is 2.99. The second kappa shape index (κ2) is 7.75. The smallest absolute Gasteiger partial charge is 0.226 e. The summed E-state index contributed by atoms with van der Waals surface area (Å²) in [7, 11) is 0. The summed E-state index contributed by atoms with van der Waals surface area (Å²) < 4.78 is 25.0. The average molecular weight is 322 g/mol. The minimum absolute atomic E-state index is 0.00722. The lowest BCUT2D eigenvalue weighted by Gasteiger charge is -2.14. The molecule has 2 saturated heterocycles. The first-order chi connectivity index (χ1) is 11.2. The van der Waals surface area contributed by atoms with Gasteiger partial charge in [0, 0.05) is 25.4 Å². The predicted octanol–water partition coefficient (Wildman–Crippen LogP) is 2.92. The third-order valence-corrected chi connectivity index (χ3v) is 4.23. The number of anilines is 2. The topological polar surface area (TPSA) is 59.6 Å². The van der Waals surface area contributed by atoms with Crippen molar-refractivity contribution in [2.24, 2.45) is 0 Å². The minimum Gasteiger partial charge on any atom is -0.380 e. The van der Waals surface area contributed by atoms with Crippen molar-refractivity contribution < 1.29 is 18.7 Å². The van der Waals surface area contributed by atoms with Crippen LogP contribution in [0.25, 0.3) is 0 Å². The quantitative estimate of drug-likeness (QED) is 0.845. The summed E-state index contributed by atoms with van der Waals surface area (Å²) in [6.07, 6.45) is 4.44. The molecule has 23 heavy (non-hydrogen) atoms. The van der Waals surface area contributed by atoms with Crippen molar-refractivity contribution in [3.05, 3.63) is 24.0 Å². The van der Waals surface area contributed by atoms with Crippen LogP contribution in [-0.2, 0) is 14.3 Å². The molecular weight excluding hydrogens is 299 g/mol. The van der Waals surface area contributed by atoms with Crippen molar-refractivity contribution in [1.29, 1.82) is 0 Å². The molecule has 2 fully saturated rings. The summed E-state index contributed by atoms with van der Waals surface area (Å²) in [5.74, 6) is -0.519. The zero-order valence-electron chi connectivity index (χ0n) is 13.1. The number of hydrogen-bond donors (Lipinski definition) is 2. The van der Waals surface area contributed by atoms with Gasteiger partial charge >= 0.3 is 0 Å². The molecule has 0 aliphatic carbocycles. The van der Waals surface area contributed by atoms with Crippen LogP contribution < -0.4 is 10.6 Å². The van der Waals surface area contributed by atoms with Crippen molar-refractivity contribution in [3.8, 4) is 0 Å². The second-order valence-electron chi connectivity index (χ2n) is 6.10. The number of ether oxygens (including phenoxy) is 2. The number of carbonyl (C=O) groups is 1. The molecule has 1 amide bonds. The van der Waals surface area contributed by atoms with Crippen molar-refractivity contribution >= 4 is 17.3 Å². The van der Waals surface area contributed by atoms with Gasteiger partial charge in [-0.2, -0.15) is 0 Å². The Balaban J connectivity index is 1.50. The SMILES string of the molecule is O=C(C[C@@H]1CCCO1)Nc1ccc(NC[C@@H]2CCCO2)c(F)c1. The van der Waals surface area contributed by atoms with Crippen LogP contribution in [0.2, 0.25) is 0 Å². The number of benzene rings is 1. The maximum absolute atomic E-state index is 14.1. The van der Waals surface area contributed by atoms with Crippen LogP contribution in [0.15, 0.2) is 18.2 Å². The van der Waals surface area contributed by atoms with Crippen LogP contribution in [0, 0.1) is 5.82 Å². The van der Waals surface area contributed by atoms with E-state index in [-0.39, 0.29) is 23.9 Å². The lowest BCUT2D eigenvalue weighted by Crippen LogP contribution is -2.20. The van der Waals surface area contributed by atoms with E-state index in [0.29, 0.717) is 24.3 Å². The van der Waals surface area contributed by atoms with Crippen LogP contribution >= 0.6 is 0 Å². The Labute approximate surface area is 135 Å². The molecule has 126 valence electrons. The molecule has 2 N–H and O–H groups in total. The van der Waals surface area contributed by atoms with Crippen molar-refractivity contribution in [3.63, 3.8) is 0 Å². The van der Waals surface area contributed by atoms with Gasteiger partial charge in [-0.3, -0.25) is 4.79 Å². The van der Waals surface area contributed by atoms with E-state index < -0.39 is 0 Å². The summed E-state index contributed by atoms with van der Waals surface area (Å²) in [5, 5.41) is 5.78. The van der Waals surface area contributed by atoms with E-state index in [2.05, 4.69) is 10.6 Å². The van der Waals surface area contributed by atoms with E-state index >= 15 is 0 Å². The molecule has 0 saturated carbocycles. The summed E-state index contributed by atoms with van der Waals surface area (Å²) in [4.78, 5) is 11.9. The summed E-state index contributed by atoms with van der Waals surface area (Å²) in [6.45, 7) is 2.10. The van der Waals surface area contributed by atoms with Gasteiger partial charge in [-0.25, -0.2) is 4.39 Å². The molecule has 2 aliphatic heterocycles. The summed E-state index contributed by atoms with van der Waals surface area (Å²) in [5.41, 5.74) is 0.894. The summed E-state index contributed by atoms with van der Waals surface area (Å²) >= 11 is 0. The average Bonchev–Trinajstić information content (AvgIpc) is 3.19. The Morgan fingerprint density at radius 1 is 1.17 bits per heavy atom. The standard InChI is InChI=1S/C17H23FN2O3/c18-15-9-12(20-17(21)10-13-3-1-7-22-13)5-6-16(15)19-11-14-4-2-8-23-14/h5-6,9,13-14,19H,1-4,7-8,10-11H2,(H,20,21)/t13-,14-/m0/s1. The maximum Gasteiger partial charge on any atom is 0.226 e. The highest BCUT2D eigenvalue weighted by molar-refractivity contribution is 5.91. The fraction of sp³-hybridized carbons (Fsp3) is 0.588. The van der Waals surface area contributed by atoms with E-state index in [1.165, 1.54) is 6.07 Å². The van der Waals surface area contributed by atoms with E-state index in [1.54, 1.807) is 12.1 Å². The van der Waals surface area contributed by atoms with Crippen molar-refractivity contribution in [2.45, 2.75) is 44.3 Å². The van der Waals surface area contributed by atoms with Crippen LogP contribution in [0.4, 0.5) is 15.8 Å². The van der Waals surface area contributed by atoms with Gasteiger partial charge in [0.1, 0.15) is 5.82 Å². The number of amides is 1.